The van der Waals surface area contributed by atoms with Gasteiger partial charge in [0.2, 0.25) is 0 Å². The van der Waals surface area contributed by atoms with E-state index < -0.39 is 18.0 Å². The van der Waals surface area contributed by atoms with E-state index in [1.165, 1.54) is 41.0 Å². The van der Waals surface area contributed by atoms with Crippen molar-refractivity contribution in [1.29, 1.82) is 0 Å². The third-order valence-corrected chi connectivity index (χ3v) is 7.32. The predicted octanol–water partition coefficient (Wildman–Crippen LogP) is 3.01. The molecule has 12 heteroatoms. The first kappa shape index (κ1) is 30.6. The Labute approximate surface area is 245 Å². The molecule has 1 aromatic carbocycles. The standard InChI is InChI=1S/C30H40FN9O2/c1-3-20(2)23-9-11-34-26(14-23)16-36-30(42)28-19-40(38-37-28)12-10-25(31)17-39(33)18-27(32)29(41)35-15-21-5-4-6-24(13-21)22-7-8-22/h4-6,9,11,13-14,18-20,22,25H,3,7-8,10,12,15-17,32-33H2,1-2H3,(H,35,41)(H,36,42)/b27-18-. The maximum Gasteiger partial charge on any atom is 0.273 e. The summed E-state index contributed by atoms with van der Waals surface area (Å²) in [4.78, 5) is 29.2. The van der Waals surface area contributed by atoms with E-state index in [-0.39, 0.29) is 37.4 Å². The molecule has 4 rings (SSSR count). The van der Waals surface area contributed by atoms with E-state index in [0.29, 0.717) is 18.4 Å². The van der Waals surface area contributed by atoms with Crippen LogP contribution in [0.4, 0.5) is 4.39 Å². The third-order valence-electron chi connectivity index (χ3n) is 7.32. The van der Waals surface area contributed by atoms with Crippen LogP contribution in [0.25, 0.3) is 0 Å². The summed E-state index contributed by atoms with van der Waals surface area (Å²) in [5, 5.41) is 14.4. The number of alkyl halides is 1. The number of amides is 2. The van der Waals surface area contributed by atoms with Crippen LogP contribution in [0.5, 0.6) is 0 Å². The van der Waals surface area contributed by atoms with E-state index in [1.54, 1.807) is 6.20 Å². The van der Waals surface area contributed by atoms with Crippen molar-refractivity contribution >= 4 is 11.8 Å². The van der Waals surface area contributed by atoms with Crippen molar-refractivity contribution in [3.05, 3.63) is 88.8 Å². The van der Waals surface area contributed by atoms with Gasteiger partial charge in [0.1, 0.15) is 11.9 Å². The van der Waals surface area contributed by atoms with E-state index in [0.717, 1.165) is 22.7 Å². The monoisotopic (exact) mass is 577 g/mol. The number of hydrogen-bond acceptors (Lipinski definition) is 8. The third kappa shape index (κ3) is 9.10. The Bertz CT molecular complexity index is 1390. The normalized spacial score (nSPS) is 14.7. The minimum absolute atomic E-state index is 0.0712. The highest BCUT2D eigenvalue weighted by Crippen LogP contribution is 2.40. The molecule has 1 saturated carbocycles. The van der Waals surface area contributed by atoms with E-state index >= 15 is 0 Å². The molecular formula is C30H40FN9O2. The van der Waals surface area contributed by atoms with Crippen molar-refractivity contribution < 1.29 is 14.0 Å². The Morgan fingerprint density at radius 1 is 1.21 bits per heavy atom. The molecule has 11 nitrogen and oxygen atoms in total. The van der Waals surface area contributed by atoms with Crippen molar-refractivity contribution in [3.63, 3.8) is 0 Å². The van der Waals surface area contributed by atoms with Gasteiger partial charge in [-0.15, -0.1) is 5.10 Å². The number of benzene rings is 1. The summed E-state index contributed by atoms with van der Waals surface area (Å²) in [5.41, 5.74) is 10.1. The number of halogens is 1. The van der Waals surface area contributed by atoms with Crippen molar-refractivity contribution in [3.8, 4) is 0 Å². The zero-order chi connectivity index (χ0) is 30.1. The van der Waals surface area contributed by atoms with Crippen LogP contribution in [0.2, 0.25) is 0 Å². The highest BCUT2D eigenvalue weighted by molar-refractivity contribution is 5.92. The second-order valence-electron chi connectivity index (χ2n) is 10.8. The van der Waals surface area contributed by atoms with E-state index in [1.807, 2.05) is 24.3 Å². The smallest absolute Gasteiger partial charge is 0.273 e. The van der Waals surface area contributed by atoms with Crippen LogP contribution in [0.3, 0.4) is 0 Å². The summed E-state index contributed by atoms with van der Waals surface area (Å²) >= 11 is 0. The van der Waals surface area contributed by atoms with Gasteiger partial charge in [0.15, 0.2) is 5.69 Å². The molecule has 2 amide bonds. The van der Waals surface area contributed by atoms with Gasteiger partial charge < -0.3 is 21.4 Å². The summed E-state index contributed by atoms with van der Waals surface area (Å²) in [6, 6.07) is 12.1. The molecule has 6 N–H and O–H groups in total. The molecule has 1 aliphatic rings. The van der Waals surface area contributed by atoms with Crippen LogP contribution in [-0.4, -0.2) is 49.5 Å². The molecule has 3 aromatic rings. The summed E-state index contributed by atoms with van der Waals surface area (Å²) in [5.74, 6) is 6.03. The number of rotatable bonds is 15. The van der Waals surface area contributed by atoms with Gasteiger partial charge in [-0.3, -0.25) is 19.3 Å². The average Bonchev–Trinajstić information content (AvgIpc) is 3.74. The van der Waals surface area contributed by atoms with Gasteiger partial charge in [-0.05, 0) is 59.9 Å². The molecule has 2 atom stereocenters. The molecule has 2 aromatic heterocycles. The van der Waals surface area contributed by atoms with Crippen molar-refractivity contribution in [2.45, 2.75) is 77.2 Å². The van der Waals surface area contributed by atoms with Crippen molar-refractivity contribution in [2.24, 2.45) is 11.6 Å². The minimum atomic E-state index is -1.34. The van der Waals surface area contributed by atoms with Crippen LogP contribution >= 0.6 is 0 Å². The van der Waals surface area contributed by atoms with Crippen molar-refractivity contribution in [2.75, 3.05) is 6.54 Å². The van der Waals surface area contributed by atoms with E-state index in [2.05, 4.69) is 51.9 Å². The van der Waals surface area contributed by atoms with Crippen LogP contribution in [0, 0.1) is 0 Å². The number of carbonyl (C=O) groups excluding carboxylic acids is 2. The fraction of sp³-hybridized carbons (Fsp3) is 0.433. The summed E-state index contributed by atoms with van der Waals surface area (Å²) < 4.78 is 16.0. The Kier molecular flexibility index (Phi) is 10.6. The number of hydrogen-bond donors (Lipinski definition) is 4. The lowest BCUT2D eigenvalue weighted by molar-refractivity contribution is -0.117. The first-order valence-electron chi connectivity index (χ1n) is 14.3. The molecule has 0 aliphatic heterocycles. The zero-order valence-electron chi connectivity index (χ0n) is 24.2. The largest absolute Gasteiger partial charge is 0.393 e. The van der Waals surface area contributed by atoms with Crippen LogP contribution in [0.1, 0.15) is 84.2 Å². The number of aromatic nitrogens is 4. The van der Waals surface area contributed by atoms with E-state index in [9.17, 15) is 14.0 Å². The Morgan fingerprint density at radius 3 is 2.79 bits per heavy atom. The average molecular weight is 578 g/mol. The van der Waals surface area contributed by atoms with Crippen LogP contribution in [0.15, 0.2) is 60.7 Å². The number of nitrogens with one attached hydrogen (secondary N) is 2. The van der Waals surface area contributed by atoms with Gasteiger partial charge in [0.05, 0.1) is 25.0 Å². The fourth-order valence-corrected chi connectivity index (χ4v) is 4.45. The predicted molar refractivity (Wildman–Crippen MR) is 157 cm³/mol. The van der Waals surface area contributed by atoms with Crippen LogP contribution < -0.4 is 22.2 Å². The molecule has 0 bridgehead atoms. The summed E-state index contributed by atoms with van der Waals surface area (Å²) in [6.07, 6.45) is 6.58. The van der Waals surface area contributed by atoms with Gasteiger partial charge in [0.25, 0.3) is 11.8 Å². The van der Waals surface area contributed by atoms with Crippen molar-refractivity contribution in [1.82, 2.24) is 35.6 Å². The molecule has 1 fully saturated rings. The zero-order valence-corrected chi connectivity index (χ0v) is 24.2. The molecule has 224 valence electrons. The fourth-order valence-electron chi connectivity index (χ4n) is 4.45. The first-order valence-corrected chi connectivity index (χ1v) is 14.3. The number of carbonyl (C=O) groups is 2. The number of aryl methyl sites for hydroxylation is 1. The minimum Gasteiger partial charge on any atom is -0.393 e. The highest BCUT2D eigenvalue weighted by Gasteiger charge is 2.23. The Morgan fingerprint density at radius 2 is 2.02 bits per heavy atom. The number of hydrazine groups is 1. The lowest BCUT2D eigenvalue weighted by Gasteiger charge is -2.17. The molecular weight excluding hydrogens is 537 g/mol. The van der Waals surface area contributed by atoms with Gasteiger partial charge in [0, 0.05) is 31.9 Å². The van der Waals surface area contributed by atoms with Gasteiger partial charge >= 0.3 is 0 Å². The van der Waals surface area contributed by atoms with Crippen LogP contribution in [-0.2, 0) is 24.4 Å². The maximum absolute atomic E-state index is 14.6. The quantitative estimate of drug-likeness (QED) is 0.122. The Balaban J connectivity index is 1.17. The van der Waals surface area contributed by atoms with Gasteiger partial charge in [-0.2, -0.15) is 0 Å². The molecule has 1 aliphatic carbocycles. The first-order chi connectivity index (χ1) is 20.2. The number of pyridine rings is 1. The molecule has 0 radical (unpaired) electrons. The highest BCUT2D eigenvalue weighted by atomic mass is 19.1. The summed E-state index contributed by atoms with van der Waals surface area (Å²) in [7, 11) is 0. The lowest BCUT2D eigenvalue weighted by Crippen LogP contribution is -2.36. The molecule has 0 saturated heterocycles. The summed E-state index contributed by atoms with van der Waals surface area (Å²) in [6.45, 7) is 4.88. The molecule has 2 unspecified atom stereocenters. The number of nitrogens with zero attached hydrogens (tertiary/aromatic N) is 5. The van der Waals surface area contributed by atoms with E-state index in [4.69, 9.17) is 11.6 Å². The Hall–Kier alpha value is -4.32. The molecule has 42 heavy (non-hydrogen) atoms. The topological polar surface area (TPSA) is 157 Å². The maximum atomic E-state index is 14.6. The van der Waals surface area contributed by atoms with Gasteiger partial charge in [-0.1, -0.05) is 43.3 Å². The lowest BCUT2D eigenvalue weighted by atomic mass is 9.99. The second kappa shape index (κ2) is 14.5. The van der Waals surface area contributed by atoms with Gasteiger partial charge in [-0.25, -0.2) is 10.2 Å². The second-order valence-corrected chi connectivity index (χ2v) is 10.8. The SMILES string of the molecule is CCC(C)c1ccnc(CNC(=O)c2cn(CCC(F)CN(N)/C=C(\N)C(=O)NCc3cccc(C4CC4)c3)nn2)c1. The number of nitrogens with two attached hydrogens (primary N) is 2. The molecule has 0 spiro atoms. The molecule has 2 heterocycles.